The third-order valence-electron chi connectivity index (χ3n) is 2.01. The van der Waals surface area contributed by atoms with Crippen LogP contribution in [0.25, 0.3) is 0 Å². The Bertz CT molecular complexity index is 196. The van der Waals surface area contributed by atoms with Gasteiger partial charge in [-0.2, -0.15) is 0 Å². The standard InChI is InChI=1S/C10H18Si2/c1-6-11(4)9-10-12(5,7-2)8-3/h6-11H,1-3H2,4-5H3. The molecule has 0 saturated carbocycles. The lowest BCUT2D eigenvalue weighted by Crippen LogP contribution is -2.22. The van der Waals surface area contributed by atoms with Crippen LogP contribution >= 0.6 is 0 Å². The Labute approximate surface area is 78.6 Å². The Morgan fingerprint density at radius 3 is 2.00 bits per heavy atom. The summed E-state index contributed by atoms with van der Waals surface area (Å²) in [6.07, 6.45) is 0. The summed E-state index contributed by atoms with van der Waals surface area (Å²) in [4.78, 5) is 0. The average Bonchev–Trinajstić information content (AvgIpc) is 2.13. The molecule has 0 heterocycles. The molecule has 0 aromatic carbocycles. The molecule has 0 aromatic heterocycles. The van der Waals surface area contributed by atoms with E-state index in [1.807, 2.05) is 11.4 Å². The molecule has 0 bridgehead atoms. The zero-order valence-electron chi connectivity index (χ0n) is 8.09. The second kappa shape index (κ2) is 5.11. The molecule has 1 atom stereocenters. The summed E-state index contributed by atoms with van der Waals surface area (Å²) in [6, 6.07) is 0. The first kappa shape index (κ1) is 11.4. The molecule has 0 aromatic rings. The van der Waals surface area contributed by atoms with E-state index >= 15 is 0 Å². The minimum atomic E-state index is -1.44. The van der Waals surface area contributed by atoms with Crippen LogP contribution in [0.5, 0.6) is 0 Å². The molecule has 0 spiro atoms. The van der Waals surface area contributed by atoms with Gasteiger partial charge in [0.1, 0.15) is 8.07 Å². The molecule has 0 aliphatic heterocycles. The van der Waals surface area contributed by atoms with E-state index in [0.717, 1.165) is 0 Å². The quantitative estimate of drug-likeness (QED) is 0.590. The van der Waals surface area contributed by atoms with Gasteiger partial charge in [0.15, 0.2) is 0 Å². The monoisotopic (exact) mass is 194 g/mol. The maximum atomic E-state index is 3.84. The Morgan fingerprint density at radius 2 is 1.67 bits per heavy atom. The first-order valence-corrected chi connectivity index (χ1v) is 9.39. The Morgan fingerprint density at radius 1 is 1.17 bits per heavy atom. The maximum Gasteiger partial charge on any atom is 0.121 e. The summed E-state index contributed by atoms with van der Waals surface area (Å²) >= 11 is 0. The van der Waals surface area contributed by atoms with Crippen molar-refractivity contribution in [1.29, 1.82) is 0 Å². The zero-order valence-corrected chi connectivity index (χ0v) is 10.2. The fraction of sp³-hybridized carbons (Fsp3) is 0.200. The molecule has 0 aliphatic carbocycles. The van der Waals surface area contributed by atoms with Crippen molar-refractivity contribution >= 4 is 16.9 Å². The second-order valence-electron chi connectivity index (χ2n) is 3.23. The van der Waals surface area contributed by atoms with Gasteiger partial charge in [-0.25, -0.2) is 0 Å². The van der Waals surface area contributed by atoms with Crippen LogP contribution in [0.3, 0.4) is 0 Å². The number of rotatable bonds is 5. The summed E-state index contributed by atoms with van der Waals surface area (Å²) in [5.41, 5.74) is 10.8. The normalized spacial score (nSPS) is 14.2. The van der Waals surface area contributed by atoms with Gasteiger partial charge in [0, 0.05) is 0 Å². The molecule has 0 rings (SSSR count). The predicted octanol–water partition coefficient (Wildman–Crippen LogP) is 2.73. The highest BCUT2D eigenvalue weighted by Gasteiger charge is 2.13. The van der Waals surface area contributed by atoms with E-state index in [2.05, 4.69) is 49.9 Å². The molecule has 66 valence electrons. The van der Waals surface area contributed by atoms with E-state index in [9.17, 15) is 0 Å². The van der Waals surface area contributed by atoms with Crippen molar-refractivity contribution in [2.75, 3.05) is 0 Å². The first-order chi connectivity index (χ1) is 5.58. The summed E-state index contributed by atoms with van der Waals surface area (Å²) in [6.45, 7) is 15.9. The van der Waals surface area contributed by atoms with Gasteiger partial charge in [-0.15, -0.1) is 31.1 Å². The Hall–Kier alpha value is -0.606. The van der Waals surface area contributed by atoms with E-state index in [1.54, 1.807) is 0 Å². The summed E-state index contributed by atoms with van der Waals surface area (Å²) in [5.74, 6) is 0. The molecule has 0 nitrogen and oxygen atoms in total. The van der Waals surface area contributed by atoms with E-state index in [4.69, 9.17) is 0 Å². The van der Waals surface area contributed by atoms with Gasteiger partial charge >= 0.3 is 0 Å². The minimum Gasteiger partial charge on any atom is -0.107 e. The van der Waals surface area contributed by atoms with Crippen LogP contribution in [-0.2, 0) is 0 Å². The average molecular weight is 194 g/mol. The van der Waals surface area contributed by atoms with Gasteiger partial charge in [-0.05, 0) is 0 Å². The fourth-order valence-corrected chi connectivity index (χ4v) is 4.13. The lowest BCUT2D eigenvalue weighted by atomic mass is 11.2. The minimum absolute atomic E-state index is 0.787. The first-order valence-electron chi connectivity index (χ1n) is 4.17. The van der Waals surface area contributed by atoms with Crippen LogP contribution < -0.4 is 0 Å². The van der Waals surface area contributed by atoms with Gasteiger partial charge in [0.2, 0.25) is 0 Å². The number of hydrogen-bond donors (Lipinski definition) is 0. The molecule has 2 heteroatoms. The van der Waals surface area contributed by atoms with Crippen LogP contribution in [0.2, 0.25) is 13.1 Å². The van der Waals surface area contributed by atoms with Crippen LogP contribution in [0, 0.1) is 0 Å². The molecule has 0 saturated heterocycles. The number of hydrogen-bond acceptors (Lipinski definition) is 0. The molecule has 0 fully saturated rings. The molecular formula is C10H18Si2. The van der Waals surface area contributed by atoms with Gasteiger partial charge in [0.25, 0.3) is 0 Å². The van der Waals surface area contributed by atoms with Crippen molar-refractivity contribution in [2.45, 2.75) is 13.1 Å². The van der Waals surface area contributed by atoms with Crippen molar-refractivity contribution in [3.05, 3.63) is 48.2 Å². The van der Waals surface area contributed by atoms with Gasteiger partial charge in [-0.3, -0.25) is 0 Å². The van der Waals surface area contributed by atoms with Crippen molar-refractivity contribution in [3.8, 4) is 0 Å². The third-order valence-corrected chi connectivity index (χ3v) is 6.61. The molecule has 12 heavy (non-hydrogen) atoms. The van der Waals surface area contributed by atoms with Crippen molar-refractivity contribution in [2.24, 2.45) is 0 Å². The summed E-state index contributed by atoms with van der Waals surface area (Å²) < 4.78 is 0. The van der Waals surface area contributed by atoms with Crippen molar-refractivity contribution in [3.63, 3.8) is 0 Å². The highest BCUT2D eigenvalue weighted by atomic mass is 28.3. The Kier molecular flexibility index (Phi) is 4.85. The lowest BCUT2D eigenvalue weighted by molar-refractivity contribution is 1.93. The van der Waals surface area contributed by atoms with Crippen molar-refractivity contribution < 1.29 is 0 Å². The van der Waals surface area contributed by atoms with Crippen LogP contribution in [0.4, 0.5) is 0 Å². The molecule has 0 aliphatic rings. The van der Waals surface area contributed by atoms with E-state index in [0.29, 0.717) is 0 Å². The third kappa shape index (κ3) is 3.69. The maximum absolute atomic E-state index is 3.84. The van der Waals surface area contributed by atoms with Crippen LogP contribution in [0.1, 0.15) is 0 Å². The fourth-order valence-electron chi connectivity index (χ4n) is 0.657. The Balaban J connectivity index is 4.38. The zero-order chi connectivity index (χ0) is 9.61. The second-order valence-corrected chi connectivity index (χ2v) is 9.68. The highest BCUT2D eigenvalue weighted by Crippen LogP contribution is 2.07. The SMILES string of the molecule is C=C[SiH](C)C=C[Si](C)(C=C)C=C. The molecule has 0 amide bonds. The smallest absolute Gasteiger partial charge is 0.107 e. The van der Waals surface area contributed by atoms with Crippen LogP contribution in [-0.4, -0.2) is 16.9 Å². The molecule has 1 unspecified atom stereocenters. The van der Waals surface area contributed by atoms with Gasteiger partial charge in [-0.1, -0.05) is 30.2 Å². The highest BCUT2D eigenvalue weighted by molar-refractivity contribution is 6.93. The predicted molar refractivity (Wildman–Crippen MR) is 64.4 cm³/mol. The summed E-state index contributed by atoms with van der Waals surface area (Å²) in [5, 5.41) is 0. The van der Waals surface area contributed by atoms with Gasteiger partial charge in [0.05, 0.1) is 8.80 Å². The lowest BCUT2D eigenvalue weighted by Gasteiger charge is -2.12. The van der Waals surface area contributed by atoms with Gasteiger partial charge < -0.3 is 0 Å². The molecule has 0 radical (unpaired) electrons. The largest absolute Gasteiger partial charge is 0.121 e. The topological polar surface area (TPSA) is 0 Å². The van der Waals surface area contributed by atoms with E-state index < -0.39 is 16.9 Å². The molecule has 0 N–H and O–H groups in total. The molecular weight excluding hydrogens is 176 g/mol. The van der Waals surface area contributed by atoms with Crippen LogP contribution in [0.15, 0.2) is 48.2 Å². The van der Waals surface area contributed by atoms with Crippen molar-refractivity contribution in [1.82, 2.24) is 0 Å². The summed E-state index contributed by atoms with van der Waals surface area (Å²) in [7, 11) is -2.23. The van der Waals surface area contributed by atoms with E-state index in [1.165, 1.54) is 0 Å². The van der Waals surface area contributed by atoms with E-state index in [-0.39, 0.29) is 0 Å².